The summed E-state index contributed by atoms with van der Waals surface area (Å²) in [6.07, 6.45) is 3.00. The van der Waals surface area contributed by atoms with Crippen LogP contribution in [0.15, 0.2) is 42.5 Å². The summed E-state index contributed by atoms with van der Waals surface area (Å²) in [6, 6.07) is 9.78. The number of rotatable bonds is 3. The molecule has 0 saturated carbocycles. The maximum Gasteiger partial charge on any atom is 0.187 e. The zero-order chi connectivity index (χ0) is 14.7. The molecule has 0 aromatic heterocycles. The van der Waals surface area contributed by atoms with Gasteiger partial charge in [-0.15, -0.1) is 0 Å². The number of benzene rings is 2. The minimum Gasteiger partial charge on any atom is -0.289 e. The quantitative estimate of drug-likeness (QED) is 0.478. The van der Waals surface area contributed by atoms with E-state index in [4.69, 9.17) is 46.4 Å². The lowest BCUT2D eigenvalue weighted by atomic mass is 10.1. The van der Waals surface area contributed by atoms with Crippen molar-refractivity contribution in [1.82, 2.24) is 0 Å². The van der Waals surface area contributed by atoms with Crippen LogP contribution in [0.2, 0.25) is 20.1 Å². The summed E-state index contributed by atoms with van der Waals surface area (Å²) in [7, 11) is 0. The Morgan fingerprint density at radius 3 is 2.20 bits per heavy atom. The number of allylic oxidation sites excluding steroid dienone is 1. The van der Waals surface area contributed by atoms with Crippen molar-refractivity contribution in [3.8, 4) is 0 Å². The van der Waals surface area contributed by atoms with E-state index in [-0.39, 0.29) is 5.78 Å². The summed E-state index contributed by atoms with van der Waals surface area (Å²) in [5, 5.41) is 1.82. The van der Waals surface area contributed by atoms with Gasteiger partial charge in [0.1, 0.15) is 0 Å². The van der Waals surface area contributed by atoms with Crippen molar-refractivity contribution in [3.05, 3.63) is 73.7 Å². The Morgan fingerprint density at radius 2 is 1.50 bits per heavy atom. The molecule has 5 heteroatoms. The van der Waals surface area contributed by atoms with Gasteiger partial charge in [0, 0.05) is 20.6 Å². The molecule has 0 N–H and O–H groups in total. The smallest absolute Gasteiger partial charge is 0.187 e. The largest absolute Gasteiger partial charge is 0.289 e. The third-order valence-corrected chi connectivity index (χ3v) is 3.70. The van der Waals surface area contributed by atoms with Crippen LogP contribution in [0.3, 0.4) is 0 Å². The predicted octanol–water partition coefficient (Wildman–Crippen LogP) is 6.20. The van der Waals surface area contributed by atoms with Gasteiger partial charge in [0.2, 0.25) is 0 Å². The van der Waals surface area contributed by atoms with Crippen LogP contribution >= 0.6 is 46.4 Å². The standard InChI is InChI=1S/C15H8Cl4O/c16-10-4-5-13(18)12(7-10)15(20)6-2-9-1-3-11(17)8-14(9)19/h1-8H/b6-2+. The minimum atomic E-state index is -0.247. The van der Waals surface area contributed by atoms with Crippen molar-refractivity contribution >= 4 is 58.3 Å². The number of ketones is 1. The highest BCUT2D eigenvalue weighted by Crippen LogP contribution is 2.24. The van der Waals surface area contributed by atoms with Crippen molar-refractivity contribution in [3.63, 3.8) is 0 Å². The molecule has 0 radical (unpaired) electrons. The summed E-state index contributed by atoms with van der Waals surface area (Å²) < 4.78 is 0. The summed E-state index contributed by atoms with van der Waals surface area (Å²) in [5.41, 5.74) is 1.04. The van der Waals surface area contributed by atoms with Gasteiger partial charge in [-0.2, -0.15) is 0 Å². The normalized spacial score (nSPS) is 11.0. The number of hydrogen-bond donors (Lipinski definition) is 0. The Hall–Kier alpha value is -0.990. The molecular weight excluding hydrogens is 338 g/mol. The van der Waals surface area contributed by atoms with Crippen molar-refractivity contribution < 1.29 is 4.79 Å². The molecule has 0 saturated heterocycles. The first-order valence-electron chi connectivity index (χ1n) is 5.60. The summed E-state index contributed by atoms with van der Waals surface area (Å²) in [6.45, 7) is 0. The van der Waals surface area contributed by atoms with Gasteiger partial charge in [-0.05, 0) is 48.0 Å². The molecule has 2 rings (SSSR count). The van der Waals surface area contributed by atoms with Gasteiger partial charge >= 0.3 is 0 Å². The van der Waals surface area contributed by atoms with Crippen LogP contribution in [-0.2, 0) is 0 Å². The van der Waals surface area contributed by atoms with Gasteiger partial charge in [-0.25, -0.2) is 0 Å². The van der Waals surface area contributed by atoms with Crippen LogP contribution in [0.4, 0.5) is 0 Å². The highest BCUT2D eigenvalue weighted by atomic mass is 35.5. The van der Waals surface area contributed by atoms with E-state index < -0.39 is 0 Å². The molecule has 2 aromatic rings. The van der Waals surface area contributed by atoms with Gasteiger partial charge in [-0.3, -0.25) is 4.79 Å². The van der Waals surface area contributed by atoms with E-state index in [1.165, 1.54) is 12.1 Å². The second-order valence-corrected chi connectivity index (χ2v) is 5.67. The molecule has 0 unspecified atom stereocenters. The first-order chi connectivity index (χ1) is 9.47. The lowest BCUT2D eigenvalue weighted by Gasteiger charge is -2.01. The van der Waals surface area contributed by atoms with E-state index in [0.717, 1.165) is 0 Å². The van der Waals surface area contributed by atoms with E-state index in [1.807, 2.05) is 0 Å². The average Bonchev–Trinajstić information content (AvgIpc) is 2.40. The van der Waals surface area contributed by atoms with Crippen molar-refractivity contribution in [2.45, 2.75) is 0 Å². The lowest BCUT2D eigenvalue weighted by molar-refractivity contribution is 0.104. The van der Waals surface area contributed by atoms with Gasteiger partial charge in [0.25, 0.3) is 0 Å². The molecule has 0 atom stereocenters. The summed E-state index contributed by atoms with van der Waals surface area (Å²) >= 11 is 23.6. The van der Waals surface area contributed by atoms with E-state index in [9.17, 15) is 4.79 Å². The lowest BCUT2D eigenvalue weighted by Crippen LogP contribution is -1.95. The molecule has 102 valence electrons. The number of halogens is 4. The second-order valence-electron chi connectivity index (χ2n) is 3.99. The summed E-state index contributed by atoms with van der Waals surface area (Å²) in [5.74, 6) is -0.247. The molecule has 0 heterocycles. The number of carbonyl (C=O) groups is 1. The molecule has 2 aromatic carbocycles. The Bertz CT molecular complexity index is 692. The van der Waals surface area contributed by atoms with Gasteiger partial charge in [0.15, 0.2) is 5.78 Å². The zero-order valence-corrected chi connectivity index (χ0v) is 13.1. The number of carbonyl (C=O) groups excluding carboxylic acids is 1. The number of hydrogen-bond acceptors (Lipinski definition) is 1. The summed E-state index contributed by atoms with van der Waals surface area (Å²) in [4.78, 5) is 12.1. The van der Waals surface area contributed by atoms with Crippen LogP contribution in [0.1, 0.15) is 15.9 Å². The third-order valence-electron chi connectivity index (χ3n) is 2.57. The molecule has 0 spiro atoms. The van der Waals surface area contributed by atoms with Crippen LogP contribution in [0.25, 0.3) is 6.08 Å². The molecule has 0 fully saturated rings. The highest BCUT2D eigenvalue weighted by Gasteiger charge is 2.08. The fraction of sp³-hybridized carbons (Fsp3) is 0. The fourth-order valence-corrected chi connectivity index (χ4v) is 2.43. The molecule has 0 bridgehead atoms. The van der Waals surface area contributed by atoms with E-state index in [2.05, 4.69) is 0 Å². The molecule has 0 amide bonds. The van der Waals surface area contributed by atoms with Crippen LogP contribution in [0.5, 0.6) is 0 Å². The Balaban J connectivity index is 2.27. The van der Waals surface area contributed by atoms with Crippen LogP contribution in [-0.4, -0.2) is 5.78 Å². The molecule has 0 aliphatic carbocycles. The zero-order valence-electron chi connectivity index (χ0n) is 10.0. The van der Waals surface area contributed by atoms with Gasteiger partial charge < -0.3 is 0 Å². The minimum absolute atomic E-state index is 0.247. The van der Waals surface area contributed by atoms with Gasteiger partial charge in [0.05, 0.1) is 5.02 Å². The Kier molecular flexibility index (Phi) is 5.11. The maximum absolute atomic E-state index is 12.1. The molecular formula is C15H8Cl4O. The monoisotopic (exact) mass is 344 g/mol. The molecule has 0 aliphatic rings. The SMILES string of the molecule is O=C(/C=C/c1ccc(Cl)cc1Cl)c1cc(Cl)ccc1Cl. The van der Waals surface area contributed by atoms with Gasteiger partial charge in [-0.1, -0.05) is 52.5 Å². The Morgan fingerprint density at radius 1 is 0.850 bits per heavy atom. The molecule has 20 heavy (non-hydrogen) atoms. The van der Waals surface area contributed by atoms with Crippen molar-refractivity contribution in [2.75, 3.05) is 0 Å². The third kappa shape index (κ3) is 3.77. The molecule has 0 aliphatic heterocycles. The van der Waals surface area contributed by atoms with E-state index in [0.29, 0.717) is 31.2 Å². The second kappa shape index (κ2) is 6.64. The van der Waals surface area contributed by atoms with Crippen molar-refractivity contribution in [1.29, 1.82) is 0 Å². The van der Waals surface area contributed by atoms with E-state index in [1.54, 1.807) is 36.4 Å². The first kappa shape index (κ1) is 15.4. The van der Waals surface area contributed by atoms with Crippen LogP contribution in [0, 0.1) is 0 Å². The molecule has 1 nitrogen and oxygen atoms in total. The van der Waals surface area contributed by atoms with Crippen molar-refractivity contribution in [2.24, 2.45) is 0 Å². The van der Waals surface area contributed by atoms with Crippen LogP contribution < -0.4 is 0 Å². The average molecular weight is 346 g/mol. The fourth-order valence-electron chi connectivity index (χ4n) is 1.58. The Labute approximate surface area is 136 Å². The first-order valence-corrected chi connectivity index (χ1v) is 7.11. The maximum atomic E-state index is 12.1. The van der Waals surface area contributed by atoms with E-state index >= 15 is 0 Å². The topological polar surface area (TPSA) is 17.1 Å². The highest BCUT2D eigenvalue weighted by molar-refractivity contribution is 6.37. The predicted molar refractivity (Wildman–Crippen MR) is 86.3 cm³/mol.